The Labute approximate surface area is 64.5 Å². The highest BCUT2D eigenvalue weighted by molar-refractivity contribution is 14.1. The van der Waals surface area contributed by atoms with Crippen LogP contribution in [0.4, 0.5) is 0 Å². The Bertz CT molecular complexity index is 111. The van der Waals surface area contributed by atoms with Gasteiger partial charge in [-0.2, -0.15) is 0 Å². The molecule has 0 radical (unpaired) electrons. The van der Waals surface area contributed by atoms with Crippen LogP contribution in [0.25, 0.3) is 0 Å². The number of hydrogen-bond acceptors (Lipinski definition) is 2. The van der Waals surface area contributed by atoms with E-state index in [9.17, 15) is 5.11 Å². The van der Waals surface area contributed by atoms with E-state index in [-0.39, 0.29) is 4.40 Å². The third kappa shape index (κ3) is 0.674. The second-order valence-electron chi connectivity index (χ2n) is 2.79. The number of rotatable bonds is 0. The van der Waals surface area contributed by atoms with E-state index in [1.807, 2.05) is 13.8 Å². The Morgan fingerprint density at radius 1 is 1.62 bits per heavy atom. The first-order chi connectivity index (χ1) is 3.40. The summed E-state index contributed by atoms with van der Waals surface area (Å²) in [6.45, 7) is 3.76. The van der Waals surface area contributed by atoms with Gasteiger partial charge in [-0.3, -0.25) is 0 Å². The molecular formula is C4H9AlINO. The zero-order valence-corrected chi connectivity index (χ0v) is 8.29. The van der Waals surface area contributed by atoms with Crippen LogP contribution in [-0.2, 0) is 0 Å². The predicted molar refractivity (Wildman–Crippen MR) is 43.0 cm³/mol. The van der Waals surface area contributed by atoms with Crippen LogP contribution in [0.15, 0.2) is 0 Å². The van der Waals surface area contributed by atoms with Crippen molar-refractivity contribution in [3.05, 3.63) is 0 Å². The molecule has 0 spiro atoms. The minimum atomic E-state index is -1.00. The van der Waals surface area contributed by atoms with Crippen LogP contribution in [0.2, 0.25) is 0 Å². The second-order valence-corrected chi connectivity index (χ2v) is 9.58. The lowest BCUT2D eigenvalue weighted by molar-refractivity contribution is 0.162. The monoisotopic (exact) mass is 241 g/mol. The van der Waals surface area contributed by atoms with Crippen LogP contribution in [0, 0.1) is 0 Å². The summed E-state index contributed by atoms with van der Waals surface area (Å²) < 4.78 is -0.707. The predicted octanol–water partition coefficient (Wildman–Crippen LogP) is -0.0267. The Kier molecular flexibility index (Phi) is 1.47. The Hall–Kier alpha value is 1.18. The summed E-state index contributed by atoms with van der Waals surface area (Å²) in [6.07, 6.45) is 0. The normalized spacial score (nSPS) is 54.4. The van der Waals surface area contributed by atoms with E-state index < -0.39 is 15.3 Å². The summed E-state index contributed by atoms with van der Waals surface area (Å²) in [7, 11) is -1.00. The average molecular weight is 241 g/mol. The number of aliphatic hydroxyl groups is 1. The van der Waals surface area contributed by atoms with Crippen molar-refractivity contribution < 1.29 is 5.11 Å². The molecule has 0 aromatic rings. The van der Waals surface area contributed by atoms with E-state index in [0.29, 0.717) is 0 Å². The van der Waals surface area contributed by atoms with Gasteiger partial charge >= 0.3 is 10.9 Å². The minimum Gasteiger partial charge on any atom is -0.403 e. The maximum Gasteiger partial charge on any atom is 0.424 e. The molecule has 1 fully saturated rings. The fourth-order valence-corrected chi connectivity index (χ4v) is 6.87. The lowest BCUT2D eigenvalue weighted by Gasteiger charge is -2.07. The van der Waals surface area contributed by atoms with E-state index in [1.165, 1.54) is 0 Å². The first-order valence-corrected chi connectivity index (χ1v) is 7.89. The number of hydrogen-bond donors (Lipinski definition) is 2. The van der Waals surface area contributed by atoms with E-state index in [1.54, 1.807) is 0 Å². The van der Waals surface area contributed by atoms with Gasteiger partial charge in [0.25, 0.3) is 0 Å². The van der Waals surface area contributed by atoms with Crippen LogP contribution < -0.4 is 5.73 Å². The van der Waals surface area contributed by atoms with Gasteiger partial charge < -0.3 is 10.8 Å². The fraction of sp³-hybridized carbons (Fsp3) is 1.00. The van der Waals surface area contributed by atoms with Crippen molar-refractivity contribution in [2.75, 3.05) is 0 Å². The van der Waals surface area contributed by atoms with Gasteiger partial charge in [-0.05, 0) is 11.3 Å². The van der Waals surface area contributed by atoms with Crippen molar-refractivity contribution in [3.8, 4) is 0 Å². The van der Waals surface area contributed by atoms with Crippen LogP contribution in [0.3, 0.4) is 0 Å². The SMILES string of the molecule is C[C]1(N)[Al]([I])[C]1(C)O. The molecule has 0 amide bonds. The molecule has 46 valence electrons. The maximum atomic E-state index is 9.36. The molecular weight excluding hydrogens is 232 g/mol. The van der Waals surface area contributed by atoms with Gasteiger partial charge in [0.1, 0.15) is 0 Å². The molecule has 0 bridgehead atoms. The van der Waals surface area contributed by atoms with Gasteiger partial charge in [-0.15, -0.1) is 0 Å². The van der Waals surface area contributed by atoms with Gasteiger partial charge in [-0.1, -0.05) is 6.92 Å². The fourth-order valence-electron chi connectivity index (χ4n) is 0.744. The van der Waals surface area contributed by atoms with Gasteiger partial charge in [-0.25, -0.2) is 20.3 Å². The molecule has 2 atom stereocenters. The summed E-state index contributed by atoms with van der Waals surface area (Å²) in [6, 6.07) is 0. The zero-order chi connectivity index (χ0) is 6.58. The van der Waals surface area contributed by atoms with Gasteiger partial charge in [0.15, 0.2) is 0 Å². The minimum absolute atomic E-state index is 0.215. The summed E-state index contributed by atoms with van der Waals surface area (Å²) in [5, 5.41) is 9.36. The van der Waals surface area contributed by atoms with Crippen molar-refractivity contribution in [2.24, 2.45) is 5.73 Å². The highest BCUT2D eigenvalue weighted by Gasteiger charge is 2.73. The Balaban J connectivity index is 2.72. The summed E-state index contributed by atoms with van der Waals surface area (Å²) in [5.74, 6) is 0. The summed E-state index contributed by atoms with van der Waals surface area (Å²) in [5.41, 5.74) is 5.69. The molecule has 1 aliphatic heterocycles. The topological polar surface area (TPSA) is 46.2 Å². The number of halogens is 1. The maximum absolute atomic E-state index is 9.36. The van der Waals surface area contributed by atoms with E-state index in [4.69, 9.17) is 5.73 Å². The molecule has 0 aromatic heterocycles. The molecule has 1 saturated heterocycles. The molecule has 3 N–H and O–H groups in total. The van der Waals surface area contributed by atoms with Crippen molar-refractivity contribution in [1.29, 1.82) is 0 Å². The third-order valence-electron chi connectivity index (χ3n) is 2.03. The van der Waals surface area contributed by atoms with E-state index >= 15 is 0 Å². The third-order valence-corrected chi connectivity index (χ3v) is 12.5. The molecule has 0 saturated carbocycles. The lowest BCUT2D eigenvalue weighted by Crippen LogP contribution is -2.29. The first-order valence-electron chi connectivity index (χ1n) is 2.56. The highest BCUT2D eigenvalue weighted by Crippen LogP contribution is 2.46. The van der Waals surface area contributed by atoms with Crippen LogP contribution in [-0.4, -0.2) is 24.8 Å². The number of nitrogens with two attached hydrogens (primary N) is 1. The average Bonchev–Trinajstić information content (AvgIpc) is 1.88. The Morgan fingerprint density at radius 2 is 1.75 bits per heavy atom. The smallest absolute Gasteiger partial charge is 0.403 e. The molecule has 0 aromatic carbocycles. The first kappa shape index (κ1) is 7.29. The summed E-state index contributed by atoms with van der Waals surface area (Å²) >= 11 is 2.30. The molecule has 2 unspecified atom stereocenters. The molecule has 0 aliphatic carbocycles. The highest BCUT2D eigenvalue weighted by atomic mass is 127. The quantitative estimate of drug-likeness (QED) is 0.462. The zero-order valence-electron chi connectivity index (χ0n) is 4.98. The van der Waals surface area contributed by atoms with E-state index in [0.717, 1.165) is 0 Å². The van der Waals surface area contributed by atoms with Crippen molar-refractivity contribution >= 4 is 31.1 Å². The van der Waals surface area contributed by atoms with Crippen LogP contribution >= 0.6 is 20.3 Å². The van der Waals surface area contributed by atoms with Gasteiger partial charge in [0, 0.05) is 4.46 Å². The van der Waals surface area contributed by atoms with E-state index in [2.05, 4.69) is 20.3 Å². The largest absolute Gasteiger partial charge is 0.424 e. The molecule has 8 heavy (non-hydrogen) atoms. The van der Waals surface area contributed by atoms with Crippen LogP contribution in [0.1, 0.15) is 13.8 Å². The van der Waals surface area contributed by atoms with Crippen molar-refractivity contribution in [3.63, 3.8) is 0 Å². The molecule has 2 nitrogen and oxygen atoms in total. The lowest BCUT2D eigenvalue weighted by atomic mass is 10.2. The molecule has 1 heterocycles. The second kappa shape index (κ2) is 1.61. The molecule has 4 heteroatoms. The van der Waals surface area contributed by atoms with Gasteiger partial charge in [0.2, 0.25) is 0 Å². The van der Waals surface area contributed by atoms with Crippen LogP contribution in [0.5, 0.6) is 0 Å². The summed E-state index contributed by atoms with van der Waals surface area (Å²) in [4.78, 5) is 0. The van der Waals surface area contributed by atoms with Crippen molar-refractivity contribution in [1.82, 2.24) is 0 Å². The molecule has 1 aliphatic rings. The molecule has 1 rings (SSSR count). The standard InChI is InChI=1S/C4H9NO.Al.HI/c1-3(5)4(2)6;;/h6H,5H2,1-2H3;;1H/q;+1;/p-1. The Morgan fingerprint density at radius 3 is 1.75 bits per heavy atom. The van der Waals surface area contributed by atoms with Gasteiger partial charge in [0.05, 0.1) is 0 Å². The van der Waals surface area contributed by atoms with Crippen molar-refractivity contribution in [2.45, 2.75) is 22.7 Å².